The molecule has 0 unspecified atom stereocenters. The second-order valence-corrected chi connectivity index (χ2v) is 3.28. The number of anilines is 1. The van der Waals surface area contributed by atoms with Gasteiger partial charge in [0.2, 0.25) is 0 Å². The molecule has 0 radical (unpaired) electrons. The molecule has 3 N–H and O–H groups in total. The lowest BCUT2D eigenvalue weighted by Gasteiger charge is -2.06. The van der Waals surface area contributed by atoms with Gasteiger partial charge in [-0.3, -0.25) is 4.98 Å². The molecule has 0 aliphatic carbocycles. The van der Waals surface area contributed by atoms with E-state index >= 15 is 0 Å². The fourth-order valence-electron chi connectivity index (χ4n) is 1.47. The first kappa shape index (κ1) is 10.2. The minimum absolute atomic E-state index is 0.422. The molecule has 16 heavy (non-hydrogen) atoms. The molecule has 0 aliphatic rings. The number of hydrogen-bond donors (Lipinski definition) is 2. The first-order valence-corrected chi connectivity index (χ1v) is 4.80. The molecule has 1 aromatic carbocycles. The fourth-order valence-corrected chi connectivity index (χ4v) is 1.47. The third-order valence-electron chi connectivity index (χ3n) is 2.26. The van der Waals surface area contributed by atoms with E-state index in [9.17, 15) is 0 Å². The first-order chi connectivity index (χ1) is 7.83. The van der Waals surface area contributed by atoms with Crippen LogP contribution in [0.2, 0.25) is 0 Å². The fraction of sp³-hybridized carbons (Fsp3) is 0. The average Bonchev–Trinajstić information content (AvgIpc) is 2.34. The Hall–Kier alpha value is -2.36. The van der Waals surface area contributed by atoms with Gasteiger partial charge in [0, 0.05) is 29.2 Å². The van der Waals surface area contributed by atoms with Gasteiger partial charge in [0.25, 0.3) is 0 Å². The summed E-state index contributed by atoms with van der Waals surface area (Å²) >= 11 is 0. The molecular formula is C12H11N3O. The van der Waals surface area contributed by atoms with Crippen LogP contribution < -0.4 is 5.73 Å². The van der Waals surface area contributed by atoms with Crippen LogP contribution in [-0.4, -0.2) is 15.9 Å². The molecule has 1 heterocycles. The van der Waals surface area contributed by atoms with Crippen LogP contribution in [0.5, 0.6) is 0 Å². The van der Waals surface area contributed by atoms with Gasteiger partial charge in [0.15, 0.2) is 0 Å². The highest BCUT2D eigenvalue weighted by molar-refractivity contribution is 6.15. The number of hydrogen-bond acceptors (Lipinski definition) is 4. The lowest BCUT2D eigenvalue weighted by atomic mass is 10.0. The van der Waals surface area contributed by atoms with Gasteiger partial charge in [0.05, 0.1) is 0 Å². The van der Waals surface area contributed by atoms with Gasteiger partial charge in [-0.2, -0.15) is 0 Å². The smallest absolute Gasteiger partial charge is 0.120 e. The van der Waals surface area contributed by atoms with Crippen molar-refractivity contribution < 1.29 is 5.21 Å². The highest BCUT2D eigenvalue weighted by atomic mass is 16.4. The summed E-state index contributed by atoms with van der Waals surface area (Å²) in [4.78, 5) is 3.97. The van der Waals surface area contributed by atoms with Gasteiger partial charge in [-0.1, -0.05) is 35.5 Å². The summed E-state index contributed by atoms with van der Waals surface area (Å²) in [6.45, 7) is 0. The molecule has 0 fully saturated rings. The van der Waals surface area contributed by atoms with Crippen molar-refractivity contribution in [2.75, 3.05) is 5.73 Å². The summed E-state index contributed by atoms with van der Waals surface area (Å²) in [7, 11) is 0. The van der Waals surface area contributed by atoms with E-state index in [1.165, 1.54) is 0 Å². The Labute approximate surface area is 93.1 Å². The average molecular weight is 213 g/mol. The van der Waals surface area contributed by atoms with Crippen molar-refractivity contribution in [3.63, 3.8) is 0 Å². The summed E-state index contributed by atoms with van der Waals surface area (Å²) < 4.78 is 0. The quantitative estimate of drug-likeness (QED) is 0.454. The Morgan fingerprint density at radius 1 is 1.19 bits per heavy atom. The van der Waals surface area contributed by atoms with E-state index in [4.69, 9.17) is 10.9 Å². The van der Waals surface area contributed by atoms with Crippen LogP contribution in [0.4, 0.5) is 5.69 Å². The molecule has 4 nitrogen and oxygen atoms in total. The Morgan fingerprint density at radius 2 is 1.94 bits per heavy atom. The topological polar surface area (TPSA) is 71.5 Å². The molecule has 4 heteroatoms. The number of pyridine rings is 1. The number of nitrogen functional groups attached to an aromatic ring is 1. The van der Waals surface area contributed by atoms with E-state index in [0.29, 0.717) is 17.0 Å². The first-order valence-electron chi connectivity index (χ1n) is 4.80. The van der Waals surface area contributed by atoms with E-state index in [1.807, 2.05) is 30.3 Å². The number of rotatable bonds is 2. The molecule has 0 amide bonds. The molecule has 0 saturated heterocycles. The zero-order chi connectivity index (χ0) is 11.4. The maximum Gasteiger partial charge on any atom is 0.120 e. The number of oxime groups is 1. The summed E-state index contributed by atoms with van der Waals surface area (Å²) in [6, 6.07) is 11.0. The van der Waals surface area contributed by atoms with Crippen LogP contribution >= 0.6 is 0 Å². The standard InChI is InChI=1S/C12H11N3O/c13-11-6-7-14-8-10(11)12(15-16)9-4-2-1-3-5-9/h1-8,16H,(H2,13,14)/b15-12+. The van der Waals surface area contributed by atoms with Crippen LogP contribution in [0.15, 0.2) is 53.9 Å². The number of aromatic nitrogens is 1. The molecule has 2 aromatic rings. The Morgan fingerprint density at radius 3 is 2.56 bits per heavy atom. The highest BCUT2D eigenvalue weighted by Crippen LogP contribution is 2.15. The minimum atomic E-state index is 0.422. The minimum Gasteiger partial charge on any atom is -0.410 e. The van der Waals surface area contributed by atoms with E-state index in [-0.39, 0.29) is 0 Å². The SMILES string of the molecule is Nc1ccncc1/C(=N/O)c1ccccc1. The third kappa shape index (κ3) is 1.86. The van der Waals surface area contributed by atoms with E-state index in [0.717, 1.165) is 5.56 Å². The normalized spacial score (nSPS) is 11.4. The van der Waals surface area contributed by atoms with Crippen molar-refractivity contribution in [2.45, 2.75) is 0 Å². The lowest BCUT2D eigenvalue weighted by molar-refractivity contribution is 0.319. The summed E-state index contributed by atoms with van der Waals surface area (Å²) in [5.41, 5.74) is 8.18. The van der Waals surface area contributed by atoms with Crippen molar-refractivity contribution in [1.82, 2.24) is 4.98 Å². The van der Waals surface area contributed by atoms with Crippen LogP contribution in [0.25, 0.3) is 0 Å². The molecular weight excluding hydrogens is 202 g/mol. The van der Waals surface area contributed by atoms with E-state index in [1.54, 1.807) is 18.5 Å². The number of nitrogens with zero attached hydrogens (tertiary/aromatic N) is 2. The molecule has 0 atom stereocenters. The van der Waals surface area contributed by atoms with E-state index < -0.39 is 0 Å². The summed E-state index contributed by atoms with van der Waals surface area (Å²) in [5, 5.41) is 12.3. The monoisotopic (exact) mass is 213 g/mol. The van der Waals surface area contributed by atoms with Crippen molar-refractivity contribution in [3.05, 3.63) is 59.9 Å². The zero-order valence-corrected chi connectivity index (χ0v) is 8.54. The summed E-state index contributed by atoms with van der Waals surface area (Å²) in [6.07, 6.45) is 3.18. The lowest BCUT2D eigenvalue weighted by Crippen LogP contribution is -2.07. The molecule has 0 bridgehead atoms. The van der Waals surface area contributed by atoms with Crippen molar-refractivity contribution in [2.24, 2.45) is 5.16 Å². The predicted molar refractivity (Wildman–Crippen MR) is 62.5 cm³/mol. The zero-order valence-electron chi connectivity index (χ0n) is 8.54. The maximum atomic E-state index is 9.06. The molecule has 0 aliphatic heterocycles. The van der Waals surface area contributed by atoms with Gasteiger partial charge in [-0.15, -0.1) is 0 Å². The van der Waals surface area contributed by atoms with Crippen molar-refractivity contribution in [3.8, 4) is 0 Å². The molecule has 0 spiro atoms. The van der Waals surface area contributed by atoms with Gasteiger partial charge in [0.1, 0.15) is 5.71 Å². The van der Waals surface area contributed by atoms with Crippen LogP contribution in [0.3, 0.4) is 0 Å². The van der Waals surface area contributed by atoms with Crippen LogP contribution in [0.1, 0.15) is 11.1 Å². The van der Waals surface area contributed by atoms with E-state index in [2.05, 4.69) is 10.1 Å². The predicted octanol–water partition coefficient (Wildman–Crippen LogP) is 1.89. The van der Waals surface area contributed by atoms with Crippen LogP contribution in [-0.2, 0) is 0 Å². The third-order valence-corrected chi connectivity index (χ3v) is 2.26. The maximum absolute atomic E-state index is 9.06. The summed E-state index contributed by atoms with van der Waals surface area (Å²) in [5.74, 6) is 0. The molecule has 1 aromatic heterocycles. The van der Waals surface area contributed by atoms with Crippen molar-refractivity contribution >= 4 is 11.4 Å². The Kier molecular flexibility index (Phi) is 2.82. The second-order valence-electron chi connectivity index (χ2n) is 3.28. The molecule has 80 valence electrons. The number of nitrogens with two attached hydrogens (primary N) is 1. The number of benzene rings is 1. The molecule has 2 rings (SSSR count). The van der Waals surface area contributed by atoms with Gasteiger partial charge < -0.3 is 10.9 Å². The van der Waals surface area contributed by atoms with Crippen LogP contribution in [0, 0.1) is 0 Å². The van der Waals surface area contributed by atoms with Gasteiger partial charge in [-0.05, 0) is 6.07 Å². The Balaban J connectivity index is 2.51. The van der Waals surface area contributed by atoms with Gasteiger partial charge >= 0.3 is 0 Å². The second kappa shape index (κ2) is 4.44. The van der Waals surface area contributed by atoms with Crippen molar-refractivity contribution in [1.29, 1.82) is 0 Å². The molecule has 0 saturated carbocycles. The Bertz CT molecular complexity index is 509. The largest absolute Gasteiger partial charge is 0.410 e. The van der Waals surface area contributed by atoms with Gasteiger partial charge in [-0.25, -0.2) is 0 Å². The highest BCUT2D eigenvalue weighted by Gasteiger charge is 2.10.